The average Bonchev–Trinajstić information content (AvgIpc) is 3.91. The Hall–Kier alpha value is -6.64. The van der Waals surface area contributed by atoms with Crippen LogP contribution < -0.4 is 4.90 Å². The summed E-state index contributed by atoms with van der Waals surface area (Å²) in [5.41, 5.74) is 21.4. The summed E-state index contributed by atoms with van der Waals surface area (Å²) in [7, 11) is 0. The summed E-state index contributed by atoms with van der Waals surface area (Å²) in [6.07, 6.45) is 0. The summed E-state index contributed by atoms with van der Waals surface area (Å²) in [5.74, 6) is 0. The summed E-state index contributed by atoms with van der Waals surface area (Å²) in [6.45, 7) is 11.9. The first-order valence-corrected chi connectivity index (χ1v) is 20.6. The number of rotatable bonds is 4. The molecule has 0 aliphatic heterocycles. The van der Waals surface area contributed by atoms with Gasteiger partial charge in [-0.25, -0.2) is 0 Å². The second-order valence-corrected chi connectivity index (χ2v) is 17.8. The zero-order valence-electron chi connectivity index (χ0n) is 33.5. The Morgan fingerprint density at radius 3 is 1.34 bits per heavy atom. The molecule has 1 heterocycles. The number of benzene rings is 8. The van der Waals surface area contributed by atoms with Crippen LogP contribution in [0.25, 0.3) is 55.3 Å². The number of anilines is 3. The number of hydrogen-bond acceptors (Lipinski definition) is 2. The van der Waals surface area contributed by atoms with Crippen molar-refractivity contribution in [3.05, 3.63) is 209 Å². The maximum Gasteiger partial charge on any atom is 0.141 e. The van der Waals surface area contributed by atoms with Gasteiger partial charge >= 0.3 is 0 Å². The smallest absolute Gasteiger partial charge is 0.141 e. The lowest BCUT2D eigenvalue weighted by molar-refractivity contribution is 0.638. The molecule has 0 bridgehead atoms. The minimum absolute atomic E-state index is 0.157. The van der Waals surface area contributed by atoms with Crippen LogP contribution in [-0.2, 0) is 16.2 Å². The fourth-order valence-electron chi connectivity index (χ4n) is 11.3. The highest BCUT2D eigenvalue weighted by Crippen LogP contribution is 2.59. The molecule has 0 saturated heterocycles. The Morgan fingerprint density at radius 2 is 0.810 bits per heavy atom. The second kappa shape index (κ2) is 11.5. The van der Waals surface area contributed by atoms with E-state index in [1.54, 1.807) is 0 Å². The van der Waals surface area contributed by atoms with E-state index in [0.29, 0.717) is 0 Å². The molecule has 9 aromatic rings. The molecule has 278 valence electrons. The molecule has 0 radical (unpaired) electrons. The molecule has 0 atom stereocenters. The summed E-state index contributed by atoms with van der Waals surface area (Å²) >= 11 is 0. The summed E-state index contributed by atoms with van der Waals surface area (Å²) in [5, 5.41) is 2.27. The van der Waals surface area contributed by atoms with Crippen molar-refractivity contribution in [2.24, 2.45) is 0 Å². The largest absolute Gasteiger partial charge is 0.456 e. The third-order valence-corrected chi connectivity index (χ3v) is 14.1. The molecule has 12 rings (SSSR count). The lowest BCUT2D eigenvalue weighted by Gasteiger charge is -2.36. The molecule has 0 N–H and O–H groups in total. The van der Waals surface area contributed by atoms with Crippen molar-refractivity contribution in [1.29, 1.82) is 0 Å². The Bertz CT molecular complexity index is 3060. The van der Waals surface area contributed by atoms with Crippen LogP contribution in [0, 0.1) is 0 Å². The molecule has 0 spiro atoms. The first-order chi connectivity index (χ1) is 28.2. The van der Waals surface area contributed by atoms with Crippen LogP contribution >= 0.6 is 0 Å². The highest BCUT2D eigenvalue weighted by atomic mass is 16.3. The zero-order chi connectivity index (χ0) is 39.1. The van der Waals surface area contributed by atoms with Crippen LogP contribution in [0.5, 0.6) is 0 Å². The molecular formula is C56H43NO. The Balaban J connectivity index is 1.20. The first kappa shape index (κ1) is 33.5. The normalized spacial score (nSPS) is 15.7. The van der Waals surface area contributed by atoms with E-state index in [0.717, 1.165) is 39.0 Å². The maximum atomic E-state index is 7.13. The fourth-order valence-corrected chi connectivity index (χ4v) is 11.3. The number of fused-ring (bicyclic) bond motifs is 12. The second-order valence-electron chi connectivity index (χ2n) is 17.8. The Kier molecular flexibility index (Phi) is 6.63. The minimum atomic E-state index is -0.535. The summed E-state index contributed by atoms with van der Waals surface area (Å²) in [4.78, 5) is 2.54. The third kappa shape index (κ3) is 4.22. The molecule has 58 heavy (non-hydrogen) atoms. The van der Waals surface area contributed by atoms with Gasteiger partial charge in [-0.3, -0.25) is 0 Å². The van der Waals surface area contributed by atoms with Crippen LogP contribution in [0.3, 0.4) is 0 Å². The summed E-state index contributed by atoms with van der Waals surface area (Å²) in [6, 6.07) is 63.3. The number of hydrogen-bond donors (Lipinski definition) is 0. The molecule has 1 aromatic heterocycles. The standard InChI is InChI=1S/C56H43NO/c1-54(2)44-21-11-6-16-36(44)40-28-26-34(32-48(40)54)57(35-27-29-41-37-17-7-12-22-45(37)55(3,4)49(41)33-35)50-31-30-43-42-20-10-15-25-51(42)58-53(43)52(50)56(5)46-23-13-8-18-38(46)39-19-9-14-24-47(39)56/h6-33H,1-5H3. The van der Waals surface area contributed by atoms with E-state index < -0.39 is 5.41 Å². The first-order valence-electron chi connectivity index (χ1n) is 20.6. The third-order valence-electron chi connectivity index (χ3n) is 14.1. The van der Waals surface area contributed by atoms with Crippen molar-refractivity contribution < 1.29 is 4.42 Å². The fraction of sp³-hybridized carbons (Fsp3) is 0.143. The van der Waals surface area contributed by atoms with Gasteiger partial charge in [0.15, 0.2) is 0 Å². The Labute approximate surface area is 340 Å². The molecule has 0 unspecified atom stereocenters. The van der Waals surface area contributed by atoms with E-state index in [4.69, 9.17) is 4.42 Å². The average molecular weight is 746 g/mol. The van der Waals surface area contributed by atoms with Crippen molar-refractivity contribution in [2.45, 2.75) is 50.9 Å². The molecule has 3 aliphatic carbocycles. The van der Waals surface area contributed by atoms with Gasteiger partial charge in [-0.15, -0.1) is 0 Å². The molecule has 3 aliphatic rings. The molecule has 0 saturated carbocycles. The number of para-hydroxylation sites is 1. The lowest BCUT2D eigenvalue weighted by atomic mass is 9.72. The van der Waals surface area contributed by atoms with Gasteiger partial charge in [0.05, 0.1) is 5.69 Å². The van der Waals surface area contributed by atoms with Gasteiger partial charge < -0.3 is 9.32 Å². The SMILES string of the molecule is CC1(C)c2ccccc2-c2ccc(N(c3ccc4c(c3)C(C)(C)c3ccccc3-4)c3ccc4c(oc5ccccc54)c3C3(C)c4ccccc4-c4ccccc43)cc21. The van der Waals surface area contributed by atoms with Crippen molar-refractivity contribution in [1.82, 2.24) is 0 Å². The van der Waals surface area contributed by atoms with Crippen LogP contribution in [-0.4, -0.2) is 0 Å². The van der Waals surface area contributed by atoms with Crippen molar-refractivity contribution in [2.75, 3.05) is 4.90 Å². The van der Waals surface area contributed by atoms with Gasteiger partial charge in [0, 0.05) is 44.0 Å². The van der Waals surface area contributed by atoms with Crippen LogP contribution in [0.2, 0.25) is 0 Å². The highest BCUT2D eigenvalue weighted by molar-refractivity contribution is 6.09. The van der Waals surface area contributed by atoms with E-state index in [1.165, 1.54) is 72.3 Å². The predicted octanol–water partition coefficient (Wildman–Crippen LogP) is 15.0. The number of furan rings is 1. The van der Waals surface area contributed by atoms with Gasteiger partial charge in [-0.05, 0) is 116 Å². The predicted molar refractivity (Wildman–Crippen MR) is 241 cm³/mol. The van der Waals surface area contributed by atoms with E-state index >= 15 is 0 Å². The molecule has 0 fully saturated rings. The highest BCUT2D eigenvalue weighted by Gasteiger charge is 2.46. The molecule has 8 aromatic carbocycles. The van der Waals surface area contributed by atoms with E-state index in [-0.39, 0.29) is 10.8 Å². The van der Waals surface area contributed by atoms with E-state index in [1.807, 2.05) is 0 Å². The molecule has 2 nitrogen and oxygen atoms in total. The van der Waals surface area contributed by atoms with E-state index in [2.05, 4.69) is 209 Å². The lowest BCUT2D eigenvalue weighted by Crippen LogP contribution is -2.26. The topological polar surface area (TPSA) is 16.4 Å². The number of nitrogens with zero attached hydrogens (tertiary/aromatic N) is 1. The quantitative estimate of drug-likeness (QED) is 0.178. The zero-order valence-corrected chi connectivity index (χ0v) is 33.5. The van der Waals surface area contributed by atoms with Gasteiger partial charge in [-0.2, -0.15) is 0 Å². The van der Waals surface area contributed by atoms with Crippen LogP contribution in [0.4, 0.5) is 17.1 Å². The molecule has 2 heteroatoms. The van der Waals surface area contributed by atoms with Crippen molar-refractivity contribution >= 4 is 39.0 Å². The van der Waals surface area contributed by atoms with Crippen LogP contribution in [0.1, 0.15) is 73.6 Å². The van der Waals surface area contributed by atoms with Gasteiger partial charge in [0.1, 0.15) is 11.2 Å². The van der Waals surface area contributed by atoms with Crippen LogP contribution in [0.15, 0.2) is 174 Å². The van der Waals surface area contributed by atoms with Crippen molar-refractivity contribution in [3.63, 3.8) is 0 Å². The Morgan fingerprint density at radius 1 is 0.379 bits per heavy atom. The van der Waals surface area contributed by atoms with Gasteiger partial charge in [0.25, 0.3) is 0 Å². The maximum absolute atomic E-state index is 7.13. The van der Waals surface area contributed by atoms with Gasteiger partial charge in [-0.1, -0.05) is 155 Å². The molecule has 0 amide bonds. The minimum Gasteiger partial charge on any atom is -0.456 e. The summed E-state index contributed by atoms with van der Waals surface area (Å²) < 4.78 is 7.13. The van der Waals surface area contributed by atoms with Crippen molar-refractivity contribution in [3.8, 4) is 33.4 Å². The monoisotopic (exact) mass is 745 g/mol. The molecular weight excluding hydrogens is 703 g/mol. The van der Waals surface area contributed by atoms with E-state index in [9.17, 15) is 0 Å². The van der Waals surface area contributed by atoms with Gasteiger partial charge in [0.2, 0.25) is 0 Å².